The van der Waals surface area contributed by atoms with E-state index in [0.717, 1.165) is 61.6 Å². The van der Waals surface area contributed by atoms with Crippen LogP contribution in [0.4, 0.5) is 17.3 Å². The SMILES string of the molecule is c1ccc(-c2ccc(-n3c4c(c5ccccc53)-c3ccccc3N(c3nc(-c5ccccc5)c5ccccc5n3)c3ccccc3-4)cc2)cc1. The minimum absolute atomic E-state index is 0.635. The smallest absolute Gasteiger partial charge is 0.235 e. The molecule has 7 aromatic carbocycles. The number of anilines is 3. The van der Waals surface area contributed by atoms with Crippen molar-refractivity contribution in [2.24, 2.45) is 0 Å². The van der Waals surface area contributed by atoms with Gasteiger partial charge in [0.05, 0.1) is 33.8 Å². The zero-order chi connectivity index (χ0) is 33.0. The van der Waals surface area contributed by atoms with Gasteiger partial charge in [0.1, 0.15) is 0 Å². The molecule has 0 aliphatic carbocycles. The normalized spacial score (nSPS) is 12.0. The third kappa shape index (κ3) is 4.39. The van der Waals surface area contributed by atoms with Crippen LogP contribution in [0.3, 0.4) is 0 Å². The van der Waals surface area contributed by atoms with Crippen LogP contribution in [0.15, 0.2) is 182 Å². The van der Waals surface area contributed by atoms with Crippen LogP contribution in [0.25, 0.3) is 72.3 Å². The number of aromatic nitrogens is 3. The van der Waals surface area contributed by atoms with Crippen molar-refractivity contribution in [3.63, 3.8) is 0 Å². The predicted octanol–water partition coefficient (Wildman–Crippen LogP) is 12.0. The van der Waals surface area contributed by atoms with E-state index in [2.05, 4.69) is 179 Å². The highest BCUT2D eigenvalue weighted by molar-refractivity contribution is 6.13. The van der Waals surface area contributed by atoms with Crippen LogP contribution in [0.5, 0.6) is 0 Å². The molecule has 0 radical (unpaired) electrons. The first-order valence-corrected chi connectivity index (χ1v) is 16.9. The van der Waals surface area contributed by atoms with Crippen molar-refractivity contribution < 1.29 is 0 Å². The zero-order valence-electron chi connectivity index (χ0n) is 27.1. The molecule has 4 heteroatoms. The van der Waals surface area contributed by atoms with Gasteiger partial charge >= 0.3 is 0 Å². The topological polar surface area (TPSA) is 34.0 Å². The summed E-state index contributed by atoms with van der Waals surface area (Å²) >= 11 is 0. The second kappa shape index (κ2) is 11.4. The van der Waals surface area contributed by atoms with Crippen molar-refractivity contribution in [1.29, 1.82) is 0 Å². The first-order chi connectivity index (χ1) is 24.8. The molecule has 0 amide bonds. The molecule has 1 aliphatic heterocycles. The third-order valence-electron chi connectivity index (χ3n) is 9.76. The number of fused-ring (bicyclic) bond motifs is 8. The van der Waals surface area contributed by atoms with Crippen molar-refractivity contribution in [2.45, 2.75) is 0 Å². The molecule has 50 heavy (non-hydrogen) atoms. The lowest BCUT2D eigenvalue weighted by Gasteiger charge is -2.26. The summed E-state index contributed by atoms with van der Waals surface area (Å²) in [6.45, 7) is 0. The maximum absolute atomic E-state index is 5.37. The molecule has 0 bridgehead atoms. The summed E-state index contributed by atoms with van der Waals surface area (Å²) in [5.74, 6) is 0.635. The minimum atomic E-state index is 0.635. The van der Waals surface area contributed by atoms with Crippen LogP contribution < -0.4 is 4.90 Å². The number of nitrogens with zero attached hydrogens (tertiary/aromatic N) is 4. The first-order valence-electron chi connectivity index (χ1n) is 16.9. The molecule has 1 aliphatic rings. The zero-order valence-corrected chi connectivity index (χ0v) is 27.1. The lowest BCUT2D eigenvalue weighted by atomic mass is 9.98. The predicted molar refractivity (Wildman–Crippen MR) is 206 cm³/mol. The van der Waals surface area contributed by atoms with E-state index in [1.54, 1.807) is 0 Å². The van der Waals surface area contributed by atoms with Crippen LogP contribution in [0, 0.1) is 0 Å². The van der Waals surface area contributed by atoms with Crippen LogP contribution >= 0.6 is 0 Å². The fraction of sp³-hybridized carbons (Fsp3) is 0. The van der Waals surface area contributed by atoms with E-state index in [4.69, 9.17) is 9.97 Å². The fourth-order valence-electron chi connectivity index (χ4n) is 7.54. The molecule has 9 aromatic rings. The average molecular weight is 639 g/mol. The second-order valence-electron chi connectivity index (χ2n) is 12.6. The van der Waals surface area contributed by atoms with Crippen LogP contribution in [-0.2, 0) is 0 Å². The van der Waals surface area contributed by atoms with Crippen molar-refractivity contribution in [1.82, 2.24) is 14.5 Å². The van der Waals surface area contributed by atoms with Crippen molar-refractivity contribution >= 4 is 39.1 Å². The van der Waals surface area contributed by atoms with Gasteiger partial charge in [0, 0.05) is 38.7 Å². The van der Waals surface area contributed by atoms with E-state index in [1.165, 1.54) is 22.1 Å². The van der Waals surface area contributed by atoms with Crippen LogP contribution in [-0.4, -0.2) is 14.5 Å². The number of rotatable bonds is 4. The Kier molecular flexibility index (Phi) is 6.46. The molecule has 234 valence electrons. The molecular weight excluding hydrogens is 609 g/mol. The molecular formula is C46H30N4. The molecule has 4 nitrogen and oxygen atoms in total. The highest BCUT2D eigenvalue weighted by atomic mass is 15.3. The molecule has 3 heterocycles. The van der Waals surface area contributed by atoms with E-state index in [9.17, 15) is 0 Å². The van der Waals surface area contributed by atoms with Gasteiger partial charge in [-0.05, 0) is 47.5 Å². The average Bonchev–Trinajstić information content (AvgIpc) is 3.47. The van der Waals surface area contributed by atoms with Gasteiger partial charge in [-0.2, -0.15) is 0 Å². The fourth-order valence-corrected chi connectivity index (χ4v) is 7.54. The van der Waals surface area contributed by atoms with E-state index in [1.807, 2.05) is 12.1 Å². The number of hydrogen-bond acceptors (Lipinski definition) is 3. The molecule has 10 rings (SSSR count). The minimum Gasteiger partial charge on any atom is -0.309 e. The van der Waals surface area contributed by atoms with Gasteiger partial charge in [-0.25, -0.2) is 9.97 Å². The summed E-state index contributed by atoms with van der Waals surface area (Å²) in [7, 11) is 0. The Morgan fingerprint density at radius 1 is 0.400 bits per heavy atom. The first kappa shape index (κ1) is 28.3. The Labute approximate surface area is 290 Å². The van der Waals surface area contributed by atoms with E-state index < -0.39 is 0 Å². The van der Waals surface area contributed by atoms with Gasteiger partial charge in [0.2, 0.25) is 5.95 Å². The van der Waals surface area contributed by atoms with Gasteiger partial charge in [0.15, 0.2) is 0 Å². The number of hydrogen-bond donors (Lipinski definition) is 0. The highest BCUT2D eigenvalue weighted by Gasteiger charge is 2.32. The molecule has 0 fully saturated rings. The van der Waals surface area contributed by atoms with Crippen LogP contribution in [0.1, 0.15) is 0 Å². The van der Waals surface area contributed by atoms with Crippen LogP contribution in [0.2, 0.25) is 0 Å². The Bertz CT molecular complexity index is 2690. The van der Waals surface area contributed by atoms with Crippen molar-refractivity contribution in [3.05, 3.63) is 182 Å². The van der Waals surface area contributed by atoms with E-state index in [0.29, 0.717) is 5.95 Å². The summed E-state index contributed by atoms with van der Waals surface area (Å²) < 4.78 is 2.43. The van der Waals surface area contributed by atoms with Gasteiger partial charge in [0.25, 0.3) is 0 Å². The van der Waals surface area contributed by atoms with Crippen molar-refractivity contribution in [3.8, 4) is 50.5 Å². The summed E-state index contributed by atoms with van der Waals surface area (Å²) in [5, 5.41) is 2.22. The Balaban J connectivity index is 1.27. The molecule has 0 unspecified atom stereocenters. The largest absolute Gasteiger partial charge is 0.309 e. The summed E-state index contributed by atoms with van der Waals surface area (Å²) in [5.41, 5.74) is 14.2. The molecule has 0 atom stereocenters. The standard InChI is InChI=1S/C46H30N4/c1-3-15-31(16-4-1)32-27-29-34(30-28-32)49-40-24-12-8-20-36(40)43-37-21-9-13-25-41(37)50(42-26-14-10-22-38(42)45(43)49)46-47-39-23-11-7-19-35(39)44(48-46)33-17-5-2-6-18-33/h1-30H. The maximum Gasteiger partial charge on any atom is 0.235 e. The summed E-state index contributed by atoms with van der Waals surface area (Å²) in [6, 6.07) is 64.3. The Hall–Kier alpha value is -6.78. The monoisotopic (exact) mass is 638 g/mol. The maximum atomic E-state index is 5.37. The molecule has 0 spiro atoms. The van der Waals surface area contributed by atoms with Gasteiger partial charge in [-0.3, -0.25) is 4.90 Å². The van der Waals surface area contributed by atoms with Crippen molar-refractivity contribution in [2.75, 3.05) is 4.90 Å². The lowest BCUT2D eigenvalue weighted by molar-refractivity contribution is 1.11. The number of benzene rings is 7. The van der Waals surface area contributed by atoms with E-state index >= 15 is 0 Å². The lowest BCUT2D eigenvalue weighted by Crippen LogP contribution is -2.15. The molecule has 0 saturated carbocycles. The quantitative estimate of drug-likeness (QED) is 0.192. The highest BCUT2D eigenvalue weighted by Crippen LogP contribution is 2.54. The second-order valence-corrected chi connectivity index (χ2v) is 12.6. The Morgan fingerprint density at radius 2 is 0.960 bits per heavy atom. The Morgan fingerprint density at radius 3 is 1.72 bits per heavy atom. The van der Waals surface area contributed by atoms with E-state index in [-0.39, 0.29) is 0 Å². The molecule has 0 N–H and O–H groups in total. The molecule has 0 saturated heterocycles. The van der Waals surface area contributed by atoms with Gasteiger partial charge in [-0.15, -0.1) is 0 Å². The van der Waals surface area contributed by atoms with Gasteiger partial charge < -0.3 is 4.57 Å². The summed E-state index contributed by atoms with van der Waals surface area (Å²) in [6.07, 6.45) is 0. The third-order valence-corrected chi connectivity index (χ3v) is 9.76. The molecule has 2 aromatic heterocycles. The van der Waals surface area contributed by atoms with Gasteiger partial charge in [-0.1, -0.05) is 146 Å². The number of para-hydroxylation sites is 4. The summed E-state index contributed by atoms with van der Waals surface area (Å²) in [4.78, 5) is 12.9.